The van der Waals surface area contributed by atoms with Crippen molar-refractivity contribution < 1.29 is 9.59 Å². The SMILES string of the molecule is CN(C)C(=O)c1ccccc1NC(=S)NC(=O)CC1CCCC1. The summed E-state index contributed by atoms with van der Waals surface area (Å²) in [7, 11) is 3.39. The molecule has 1 aliphatic rings. The van der Waals surface area contributed by atoms with Gasteiger partial charge in [0.05, 0.1) is 11.3 Å². The summed E-state index contributed by atoms with van der Waals surface area (Å²) in [6, 6.07) is 7.11. The van der Waals surface area contributed by atoms with Crippen LogP contribution in [0.4, 0.5) is 5.69 Å². The Bertz CT molecular complexity index is 595. The molecule has 1 aromatic rings. The second kappa shape index (κ2) is 8.06. The fourth-order valence-corrected chi connectivity index (χ4v) is 3.05. The standard InChI is InChI=1S/C17H23N3O2S/c1-20(2)16(22)13-9-5-6-10-14(13)18-17(23)19-15(21)11-12-7-3-4-8-12/h5-6,9-10,12H,3-4,7-8,11H2,1-2H3,(H2,18,19,21,23). The highest BCUT2D eigenvalue weighted by molar-refractivity contribution is 7.80. The van der Waals surface area contributed by atoms with Gasteiger partial charge in [0.1, 0.15) is 0 Å². The number of amides is 2. The third kappa shape index (κ3) is 5.03. The largest absolute Gasteiger partial charge is 0.345 e. The number of nitrogens with zero attached hydrogens (tertiary/aromatic N) is 1. The minimum atomic E-state index is -0.117. The van der Waals surface area contributed by atoms with Crippen LogP contribution in [0.3, 0.4) is 0 Å². The van der Waals surface area contributed by atoms with Crippen LogP contribution in [0, 0.1) is 5.92 Å². The van der Waals surface area contributed by atoms with E-state index in [9.17, 15) is 9.59 Å². The number of nitrogens with one attached hydrogen (secondary N) is 2. The van der Waals surface area contributed by atoms with Gasteiger partial charge in [0.2, 0.25) is 5.91 Å². The van der Waals surface area contributed by atoms with Crippen LogP contribution in [0.1, 0.15) is 42.5 Å². The summed E-state index contributed by atoms with van der Waals surface area (Å²) >= 11 is 5.20. The lowest BCUT2D eigenvalue weighted by atomic mass is 10.0. The Morgan fingerprint density at radius 2 is 1.87 bits per heavy atom. The van der Waals surface area contributed by atoms with E-state index in [1.807, 2.05) is 6.07 Å². The molecule has 2 rings (SSSR count). The van der Waals surface area contributed by atoms with Gasteiger partial charge in [-0.1, -0.05) is 25.0 Å². The Balaban J connectivity index is 1.94. The molecule has 23 heavy (non-hydrogen) atoms. The predicted molar refractivity (Wildman–Crippen MR) is 95.4 cm³/mol. The van der Waals surface area contributed by atoms with Gasteiger partial charge in [-0.05, 0) is 43.1 Å². The fraction of sp³-hybridized carbons (Fsp3) is 0.471. The number of rotatable bonds is 4. The molecule has 0 spiro atoms. The van der Waals surface area contributed by atoms with E-state index in [4.69, 9.17) is 12.2 Å². The van der Waals surface area contributed by atoms with Crippen molar-refractivity contribution in [3.8, 4) is 0 Å². The molecule has 0 saturated heterocycles. The van der Waals surface area contributed by atoms with Gasteiger partial charge in [0.15, 0.2) is 5.11 Å². The van der Waals surface area contributed by atoms with Gasteiger partial charge in [-0.3, -0.25) is 9.59 Å². The first-order valence-corrected chi connectivity index (χ1v) is 8.29. The van der Waals surface area contributed by atoms with Crippen molar-refractivity contribution in [3.05, 3.63) is 29.8 Å². The number of thiocarbonyl (C=S) groups is 1. The maximum absolute atomic E-state index is 12.2. The first-order valence-electron chi connectivity index (χ1n) is 7.89. The molecule has 2 N–H and O–H groups in total. The fourth-order valence-electron chi connectivity index (χ4n) is 2.83. The van der Waals surface area contributed by atoms with Gasteiger partial charge in [-0.2, -0.15) is 0 Å². The molecule has 1 aliphatic carbocycles. The second-order valence-electron chi connectivity index (χ2n) is 6.10. The summed E-state index contributed by atoms with van der Waals surface area (Å²) in [5.74, 6) is 0.291. The zero-order chi connectivity index (χ0) is 16.8. The molecule has 0 radical (unpaired) electrons. The van der Waals surface area contributed by atoms with Crippen molar-refractivity contribution in [1.29, 1.82) is 0 Å². The minimum Gasteiger partial charge on any atom is -0.345 e. The van der Waals surface area contributed by atoms with E-state index in [1.165, 1.54) is 17.7 Å². The first kappa shape index (κ1) is 17.4. The quantitative estimate of drug-likeness (QED) is 0.832. The van der Waals surface area contributed by atoms with Crippen LogP contribution in [-0.4, -0.2) is 35.9 Å². The van der Waals surface area contributed by atoms with Crippen LogP contribution in [-0.2, 0) is 4.79 Å². The Labute approximate surface area is 142 Å². The number of para-hydroxylation sites is 1. The molecule has 1 saturated carbocycles. The minimum absolute atomic E-state index is 0.0641. The highest BCUT2D eigenvalue weighted by atomic mass is 32.1. The Hall–Kier alpha value is -1.95. The number of hydrogen-bond acceptors (Lipinski definition) is 3. The average molecular weight is 333 g/mol. The first-order chi connectivity index (χ1) is 11.0. The molecular weight excluding hydrogens is 310 g/mol. The average Bonchev–Trinajstić information content (AvgIpc) is 2.99. The number of benzene rings is 1. The lowest BCUT2D eigenvalue weighted by molar-refractivity contribution is -0.120. The van der Waals surface area contributed by atoms with E-state index in [-0.39, 0.29) is 16.9 Å². The predicted octanol–water partition coefficient (Wildman–Crippen LogP) is 2.78. The van der Waals surface area contributed by atoms with Crippen molar-refractivity contribution in [2.45, 2.75) is 32.1 Å². The number of carbonyl (C=O) groups excluding carboxylic acids is 2. The zero-order valence-corrected chi connectivity index (χ0v) is 14.4. The zero-order valence-electron chi connectivity index (χ0n) is 13.6. The monoisotopic (exact) mass is 333 g/mol. The summed E-state index contributed by atoms with van der Waals surface area (Å²) in [4.78, 5) is 25.7. The van der Waals surface area contributed by atoms with Gasteiger partial charge < -0.3 is 15.5 Å². The highest BCUT2D eigenvalue weighted by Crippen LogP contribution is 2.27. The number of hydrogen-bond donors (Lipinski definition) is 2. The van der Waals surface area contributed by atoms with Crippen LogP contribution in [0.25, 0.3) is 0 Å². The molecule has 124 valence electrons. The molecule has 6 heteroatoms. The van der Waals surface area contributed by atoms with Crippen LogP contribution in [0.2, 0.25) is 0 Å². The van der Waals surface area contributed by atoms with Crippen molar-refractivity contribution in [2.24, 2.45) is 5.92 Å². The Morgan fingerprint density at radius 1 is 1.22 bits per heavy atom. The molecule has 2 amide bonds. The van der Waals surface area contributed by atoms with Crippen LogP contribution in [0.5, 0.6) is 0 Å². The second-order valence-corrected chi connectivity index (χ2v) is 6.51. The van der Waals surface area contributed by atoms with Crippen molar-refractivity contribution in [1.82, 2.24) is 10.2 Å². The molecular formula is C17H23N3O2S. The molecule has 0 aliphatic heterocycles. The van der Waals surface area contributed by atoms with E-state index < -0.39 is 0 Å². The summed E-state index contributed by atoms with van der Waals surface area (Å²) in [6.07, 6.45) is 5.17. The van der Waals surface area contributed by atoms with E-state index >= 15 is 0 Å². The molecule has 0 bridgehead atoms. The number of anilines is 1. The summed E-state index contributed by atoms with van der Waals surface area (Å²) < 4.78 is 0. The van der Waals surface area contributed by atoms with Crippen molar-refractivity contribution >= 4 is 34.8 Å². The lowest BCUT2D eigenvalue weighted by Crippen LogP contribution is -2.35. The van der Waals surface area contributed by atoms with Gasteiger partial charge >= 0.3 is 0 Å². The molecule has 5 nitrogen and oxygen atoms in total. The van der Waals surface area contributed by atoms with Gasteiger partial charge in [-0.25, -0.2) is 0 Å². The van der Waals surface area contributed by atoms with Crippen LogP contribution < -0.4 is 10.6 Å². The molecule has 0 heterocycles. The lowest BCUT2D eigenvalue weighted by Gasteiger charge is -2.16. The maximum Gasteiger partial charge on any atom is 0.255 e. The summed E-state index contributed by atoms with van der Waals surface area (Å²) in [5.41, 5.74) is 1.11. The molecule has 1 fully saturated rings. The molecule has 0 atom stereocenters. The molecule has 1 aromatic carbocycles. The summed E-state index contributed by atoms with van der Waals surface area (Å²) in [6.45, 7) is 0. The normalized spacial score (nSPS) is 14.3. The highest BCUT2D eigenvalue weighted by Gasteiger charge is 2.19. The van der Waals surface area contributed by atoms with E-state index in [2.05, 4.69) is 10.6 Å². The van der Waals surface area contributed by atoms with E-state index in [0.717, 1.165) is 12.8 Å². The maximum atomic E-state index is 12.2. The topological polar surface area (TPSA) is 61.4 Å². The smallest absolute Gasteiger partial charge is 0.255 e. The Morgan fingerprint density at radius 3 is 2.52 bits per heavy atom. The third-order valence-electron chi connectivity index (χ3n) is 4.01. The van der Waals surface area contributed by atoms with Crippen LogP contribution >= 0.6 is 12.2 Å². The van der Waals surface area contributed by atoms with Gasteiger partial charge in [0, 0.05) is 20.5 Å². The van der Waals surface area contributed by atoms with Crippen molar-refractivity contribution in [2.75, 3.05) is 19.4 Å². The summed E-state index contributed by atoms with van der Waals surface area (Å²) in [5, 5.41) is 5.89. The Kier molecular flexibility index (Phi) is 6.10. The third-order valence-corrected chi connectivity index (χ3v) is 4.22. The van der Waals surface area contributed by atoms with Gasteiger partial charge in [-0.15, -0.1) is 0 Å². The van der Waals surface area contributed by atoms with Gasteiger partial charge in [0.25, 0.3) is 5.91 Å². The van der Waals surface area contributed by atoms with Crippen LogP contribution in [0.15, 0.2) is 24.3 Å². The van der Waals surface area contributed by atoms with E-state index in [1.54, 1.807) is 32.3 Å². The molecule has 0 unspecified atom stereocenters. The van der Waals surface area contributed by atoms with Crippen molar-refractivity contribution in [3.63, 3.8) is 0 Å². The number of carbonyl (C=O) groups is 2. The van der Waals surface area contributed by atoms with E-state index in [0.29, 0.717) is 23.6 Å². The molecule has 0 aromatic heterocycles.